The van der Waals surface area contributed by atoms with E-state index in [1.807, 2.05) is 0 Å². The van der Waals surface area contributed by atoms with Crippen LogP contribution < -0.4 is 20.5 Å². The third kappa shape index (κ3) is 4.57. The molecule has 2 aliphatic rings. The van der Waals surface area contributed by atoms with Gasteiger partial charge in [0.15, 0.2) is 0 Å². The molecule has 4 rings (SSSR count). The molecule has 0 spiro atoms. The number of carbonyl (C=O) groups is 2. The molecule has 1 unspecified atom stereocenters. The molecule has 12 heteroatoms. The number of amides is 2. The lowest BCUT2D eigenvalue weighted by Crippen LogP contribution is -2.47. The molecule has 0 aliphatic carbocycles. The smallest absolute Gasteiger partial charge is 0.387 e. The Labute approximate surface area is 179 Å². The molecule has 1 fully saturated rings. The molecule has 31 heavy (non-hydrogen) atoms. The van der Waals surface area contributed by atoms with Gasteiger partial charge in [-0.1, -0.05) is 11.6 Å². The highest BCUT2D eigenvalue weighted by atomic mass is 35.5. The summed E-state index contributed by atoms with van der Waals surface area (Å²) >= 11 is 5.97. The van der Waals surface area contributed by atoms with E-state index in [1.54, 1.807) is 6.07 Å². The number of hydrogen-bond acceptors (Lipinski definition) is 6. The molecule has 1 aromatic heterocycles. The van der Waals surface area contributed by atoms with Crippen LogP contribution in [0.5, 0.6) is 5.75 Å². The molecule has 0 radical (unpaired) electrons. The van der Waals surface area contributed by atoms with Crippen molar-refractivity contribution in [1.82, 2.24) is 20.6 Å². The van der Waals surface area contributed by atoms with Gasteiger partial charge in [0.1, 0.15) is 29.3 Å². The van der Waals surface area contributed by atoms with Crippen molar-refractivity contribution < 1.29 is 27.5 Å². The summed E-state index contributed by atoms with van der Waals surface area (Å²) in [5, 5.41) is 4.17. The van der Waals surface area contributed by atoms with E-state index in [-0.39, 0.29) is 35.6 Å². The molecule has 0 saturated carbocycles. The highest BCUT2D eigenvalue weighted by Gasteiger charge is 2.35. The first-order valence-electron chi connectivity index (χ1n) is 9.01. The lowest BCUT2D eigenvalue weighted by Gasteiger charge is -2.25. The third-order valence-electron chi connectivity index (χ3n) is 4.57. The number of hydrogen-bond donors (Lipinski definition) is 2. The number of nitrogens with one attached hydrogen (secondary N) is 2. The normalized spacial score (nSPS) is 18.4. The predicted molar refractivity (Wildman–Crippen MR) is 104 cm³/mol. The number of nitrogens with zero attached hydrogens (tertiary/aromatic N) is 3. The number of benzene rings is 1. The number of anilines is 1. The van der Waals surface area contributed by atoms with Crippen LogP contribution in [0.15, 0.2) is 42.6 Å². The molecule has 2 amide bonds. The van der Waals surface area contributed by atoms with Crippen molar-refractivity contribution in [3.63, 3.8) is 0 Å². The molecule has 0 bridgehead atoms. The highest BCUT2D eigenvalue weighted by Crippen LogP contribution is 2.33. The summed E-state index contributed by atoms with van der Waals surface area (Å²) in [5.41, 5.74) is 3.92. The van der Waals surface area contributed by atoms with Crippen LogP contribution in [0, 0.1) is 5.82 Å². The van der Waals surface area contributed by atoms with Crippen molar-refractivity contribution in [2.45, 2.75) is 12.7 Å². The number of ether oxygens (including phenoxy) is 1. The van der Waals surface area contributed by atoms with E-state index in [4.69, 9.17) is 11.6 Å². The zero-order chi connectivity index (χ0) is 22.1. The first-order chi connectivity index (χ1) is 14.8. The molecule has 1 aromatic carbocycles. The fraction of sp³-hybridized carbons (Fsp3) is 0.211. The molecular formula is C19H15ClF3N5O3. The molecule has 2 aromatic rings. The average Bonchev–Trinajstić information content (AvgIpc) is 3.33. The Bertz CT molecular complexity index is 1070. The van der Waals surface area contributed by atoms with Crippen LogP contribution in [0.3, 0.4) is 0 Å². The van der Waals surface area contributed by atoms with E-state index in [0.717, 1.165) is 12.1 Å². The monoisotopic (exact) mass is 453 g/mol. The zero-order valence-electron chi connectivity index (χ0n) is 15.7. The zero-order valence-corrected chi connectivity index (χ0v) is 16.4. The summed E-state index contributed by atoms with van der Waals surface area (Å²) in [6.07, 6.45) is 2.94. The largest absolute Gasteiger partial charge is 0.435 e. The predicted octanol–water partition coefficient (Wildman–Crippen LogP) is 2.13. The lowest BCUT2D eigenvalue weighted by atomic mass is 10.1. The molecule has 3 heterocycles. The quantitative estimate of drug-likeness (QED) is 0.675. The van der Waals surface area contributed by atoms with Gasteiger partial charge in [-0.15, -0.1) is 0 Å². The molecular weight excluding hydrogens is 439 g/mol. The van der Waals surface area contributed by atoms with Gasteiger partial charge >= 0.3 is 6.61 Å². The Kier molecular flexibility index (Phi) is 5.70. The minimum Gasteiger partial charge on any atom is -0.435 e. The maximum atomic E-state index is 14.1. The van der Waals surface area contributed by atoms with Crippen LogP contribution in [0.1, 0.15) is 5.56 Å². The van der Waals surface area contributed by atoms with E-state index in [2.05, 4.69) is 20.5 Å². The van der Waals surface area contributed by atoms with Crippen LogP contribution >= 0.6 is 11.6 Å². The number of aromatic nitrogens is 1. The Morgan fingerprint density at radius 3 is 2.77 bits per heavy atom. The summed E-state index contributed by atoms with van der Waals surface area (Å²) < 4.78 is 43.7. The van der Waals surface area contributed by atoms with Gasteiger partial charge in [-0.2, -0.15) is 8.78 Å². The summed E-state index contributed by atoms with van der Waals surface area (Å²) in [4.78, 5) is 29.5. The van der Waals surface area contributed by atoms with Crippen LogP contribution in [0.2, 0.25) is 5.15 Å². The summed E-state index contributed by atoms with van der Waals surface area (Å²) in [5.74, 6) is -1.86. The molecule has 1 saturated heterocycles. The van der Waals surface area contributed by atoms with E-state index >= 15 is 0 Å². The van der Waals surface area contributed by atoms with Gasteiger partial charge in [-0.05, 0) is 24.3 Å². The van der Waals surface area contributed by atoms with E-state index < -0.39 is 24.4 Å². The van der Waals surface area contributed by atoms with Crippen LogP contribution in [-0.2, 0) is 9.59 Å². The van der Waals surface area contributed by atoms with Crippen molar-refractivity contribution in [3.05, 3.63) is 59.1 Å². The average molecular weight is 454 g/mol. The first-order valence-corrected chi connectivity index (χ1v) is 9.39. The third-order valence-corrected chi connectivity index (χ3v) is 4.78. The molecule has 8 nitrogen and oxygen atoms in total. The van der Waals surface area contributed by atoms with Crippen LogP contribution in [0.4, 0.5) is 18.9 Å². The van der Waals surface area contributed by atoms with Crippen molar-refractivity contribution in [2.75, 3.05) is 18.2 Å². The minimum absolute atomic E-state index is 0.0620. The maximum absolute atomic E-state index is 14.1. The van der Waals surface area contributed by atoms with Crippen LogP contribution in [-0.4, -0.2) is 47.6 Å². The molecule has 2 aliphatic heterocycles. The van der Waals surface area contributed by atoms with Gasteiger partial charge in [0.05, 0.1) is 18.1 Å². The van der Waals surface area contributed by atoms with Crippen molar-refractivity contribution in [3.8, 4) is 5.75 Å². The second kappa shape index (κ2) is 8.44. The highest BCUT2D eigenvalue weighted by molar-refractivity contribution is 6.29. The number of carbonyl (C=O) groups excluding carboxylic acids is 2. The number of pyridine rings is 1. The first kappa shape index (κ1) is 20.9. The van der Waals surface area contributed by atoms with Gasteiger partial charge in [-0.3, -0.25) is 14.6 Å². The number of alkyl halides is 2. The van der Waals surface area contributed by atoms with Crippen LogP contribution in [0.25, 0.3) is 5.70 Å². The van der Waals surface area contributed by atoms with Gasteiger partial charge in [0, 0.05) is 23.9 Å². The Hall–Kier alpha value is -3.31. The number of rotatable bonds is 5. The minimum atomic E-state index is -3.13. The van der Waals surface area contributed by atoms with E-state index in [0.29, 0.717) is 11.4 Å². The van der Waals surface area contributed by atoms with Crippen molar-refractivity contribution in [2.24, 2.45) is 0 Å². The number of halogens is 4. The lowest BCUT2D eigenvalue weighted by molar-refractivity contribution is -0.132. The standard InChI is InChI=1S/C19H15ClF3N5O3/c20-16-6-12(1-2-24-16)28-15(10-3-11(21)5-13(4-10)31-19(22)23)7-14(26-28)18(30)27-8-17(29)25-9-27/h1-7,14,19,26H,8-9H2,(H,25,29). The molecule has 1 atom stereocenters. The molecule has 162 valence electrons. The summed E-state index contributed by atoms with van der Waals surface area (Å²) in [7, 11) is 0. The van der Waals surface area contributed by atoms with Gasteiger partial charge in [-0.25, -0.2) is 14.8 Å². The summed E-state index contributed by atoms with van der Waals surface area (Å²) in [6.45, 7) is -3.16. The Morgan fingerprint density at radius 2 is 2.10 bits per heavy atom. The Morgan fingerprint density at radius 1 is 1.29 bits per heavy atom. The summed E-state index contributed by atoms with van der Waals surface area (Å²) in [6, 6.07) is 5.37. The fourth-order valence-electron chi connectivity index (χ4n) is 3.28. The topological polar surface area (TPSA) is 86.8 Å². The van der Waals surface area contributed by atoms with E-state index in [1.165, 1.54) is 34.3 Å². The Balaban J connectivity index is 1.72. The van der Waals surface area contributed by atoms with Gasteiger partial charge in [0.2, 0.25) is 11.8 Å². The fourth-order valence-corrected chi connectivity index (χ4v) is 3.45. The second-order valence-corrected chi connectivity index (χ2v) is 7.07. The van der Waals surface area contributed by atoms with Crippen molar-refractivity contribution >= 4 is 34.8 Å². The van der Waals surface area contributed by atoms with E-state index in [9.17, 15) is 22.8 Å². The van der Waals surface area contributed by atoms with Gasteiger partial charge < -0.3 is 15.0 Å². The SMILES string of the molecule is O=C1CN(C(=O)C2C=C(c3cc(F)cc(OC(F)F)c3)N(c3ccnc(Cl)c3)N2)CN1. The van der Waals surface area contributed by atoms with Crippen molar-refractivity contribution in [1.29, 1.82) is 0 Å². The maximum Gasteiger partial charge on any atom is 0.387 e. The molecule has 2 N–H and O–H groups in total. The number of hydrazine groups is 1. The second-order valence-electron chi connectivity index (χ2n) is 6.68. The van der Waals surface area contributed by atoms with Gasteiger partial charge in [0.25, 0.3) is 0 Å².